The van der Waals surface area contributed by atoms with E-state index in [9.17, 15) is 4.79 Å². The lowest BCUT2D eigenvalue weighted by Crippen LogP contribution is -2.39. The summed E-state index contributed by atoms with van der Waals surface area (Å²) in [5.74, 6) is 0.0177. The molecule has 0 saturated heterocycles. The van der Waals surface area contributed by atoms with Crippen molar-refractivity contribution in [2.45, 2.75) is 19.0 Å². The van der Waals surface area contributed by atoms with Crippen LogP contribution in [-0.4, -0.2) is 25.5 Å². The normalized spacial score (nSPS) is 12.4. The largest absolute Gasteiger partial charge is 0.359 e. The molecule has 1 atom stereocenters. The molecule has 0 aromatic carbocycles. The summed E-state index contributed by atoms with van der Waals surface area (Å²) >= 11 is 1.70. The van der Waals surface area contributed by atoms with Crippen molar-refractivity contribution in [3.05, 3.63) is 22.4 Å². The van der Waals surface area contributed by atoms with Crippen molar-refractivity contribution < 1.29 is 4.79 Å². The van der Waals surface area contributed by atoms with Crippen LogP contribution < -0.4 is 16.4 Å². The van der Waals surface area contributed by atoms with Gasteiger partial charge in [-0.1, -0.05) is 6.07 Å². The number of carbonyl (C=O) groups excluding carboxylic acids is 1. The average Bonchev–Trinajstić information content (AvgIpc) is 2.76. The summed E-state index contributed by atoms with van der Waals surface area (Å²) in [5, 5.41) is 7.89. The first-order chi connectivity index (χ1) is 7.26. The highest BCUT2D eigenvalue weighted by Crippen LogP contribution is 2.08. The van der Waals surface area contributed by atoms with Crippen LogP contribution in [0.2, 0.25) is 0 Å². The molecule has 1 aromatic rings. The van der Waals surface area contributed by atoms with Crippen molar-refractivity contribution in [1.82, 2.24) is 10.6 Å². The molecule has 15 heavy (non-hydrogen) atoms. The van der Waals surface area contributed by atoms with Gasteiger partial charge in [-0.2, -0.15) is 0 Å². The van der Waals surface area contributed by atoms with Gasteiger partial charge in [0.05, 0.1) is 0 Å². The van der Waals surface area contributed by atoms with Crippen molar-refractivity contribution in [3.63, 3.8) is 0 Å². The third kappa shape index (κ3) is 4.42. The fraction of sp³-hybridized carbons (Fsp3) is 0.500. The summed E-state index contributed by atoms with van der Waals surface area (Å²) in [7, 11) is 1.63. The molecule has 0 aliphatic carbocycles. The van der Waals surface area contributed by atoms with Crippen LogP contribution in [0.25, 0.3) is 0 Å². The molecular weight excluding hydrogens is 210 g/mol. The van der Waals surface area contributed by atoms with E-state index in [-0.39, 0.29) is 11.9 Å². The lowest BCUT2D eigenvalue weighted by molar-refractivity contribution is -0.121. The molecule has 0 bridgehead atoms. The van der Waals surface area contributed by atoms with Gasteiger partial charge in [-0.05, 0) is 11.4 Å². The van der Waals surface area contributed by atoms with E-state index in [0.29, 0.717) is 13.0 Å². The highest BCUT2D eigenvalue weighted by Gasteiger charge is 2.10. The molecular formula is C10H17N3OS. The fourth-order valence-electron chi connectivity index (χ4n) is 1.22. The Bertz CT molecular complexity index is 287. The van der Waals surface area contributed by atoms with E-state index < -0.39 is 0 Å². The van der Waals surface area contributed by atoms with Crippen LogP contribution in [0, 0.1) is 0 Å². The summed E-state index contributed by atoms with van der Waals surface area (Å²) in [5.41, 5.74) is 5.58. The first kappa shape index (κ1) is 12.2. The third-order valence-electron chi connectivity index (χ3n) is 2.14. The SMILES string of the molecule is CNC(=O)CC(CN)NCc1cccs1. The highest BCUT2D eigenvalue weighted by molar-refractivity contribution is 7.09. The molecule has 0 saturated carbocycles. The number of carbonyl (C=O) groups is 1. The monoisotopic (exact) mass is 227 g/mol. The summed E-state index contributed by atoms with van der Waals surface area (Å²) in [6, 6.07) is 4.12. The van der Waals surface area contributed by atoms with Crippen molar-refractivity contribution in [2.75, 3.05) is 13.6 Å². The second-order valence-electron chi connectivity index (χ2n) is 3.27. The molecule has 1 rings (SSSR count). The second-order valence-corrected chi connectivity index (χ2v) is 4.30. The molecule has 0 spiro atoms. The molecule has 5 heteroatoms. The fourth-order valence-corrected chi connectivity index (χ4v) is 1.88. The van der Waals surface area contributed by atoms with Crippen LogP contribution in [0.4, 0.5) is 0 Å². The molecule has 4 nitrogen and oxygen atoms in total. The lowest BCUT2D eigenvalue weighted by Gasteiger charge is -2.15. The number of thiophene rings is 1. The zero-order valence-electron chi connectivity index (χ0n) is 8.82. The molecule has 0 fully saturated rings. The van der Waals surface area contributed by atoms with Crippen LogP contribution in [-0.2, 0) is 11.3 Å². The maximum atomic E-state index is 11.1. The highest BCUT2D eigenvalue weighted by atomic mass is 32.1. The van der Waals surface area contributed by atoms with Crippen LogP contribution in [0.1, 0.15) is 11.3 Å². The zero-order valence-corrected chi connectivity index (χ0v) is 9.64. The van der Waals surface area contributed by atoms with Crippen LogP contribution >= 0.6 is 11.3 Å². The molecule has 1 unspecified atom stereocenters. The van der Waals surface area contributed by atoms with Gasteiger partial charge in [0.1, 0.15) is 0 Å². The maximum absolute atomic E-state index is 11.1. The molecule has 84 valence electrons. The Hall–Kier alpha value is -0.910. The Balaban J connectivity index is 2.31. The van der Waals surface area contributed by atoms with E-state index in [1.165, 1.54) is 4.88 Å². The topological polar surface area (TPSA) is 67.2 Å². The molecule has 4 N–H and O–H groups in total. The predicted molar refractivity (Wildman–Crippen MR) is 62.7 cm³/mol. The molecule has 0 aliphatic rings. The molecule has 1 heterocycles. The maximum Gasteiger partial charge on any atom is 0.221 e. The Labute approximate surface area is 93.9 Å². The Morgan fingerprint density at radius 1 is 1.67 bits per heavy atom. The first-order valence-electron chi connectivity index (χ1n) is 4.92. The van der Waals surface area contributed by atoms with Gasteiger partial charge < -0.3 is 16.4 Å². The number of nitrogens with one attached hydrogen (secondary N) is 2. The summed E-state index contributed by atoms with van der Waals surface area (Å²) < 4.78 is 0. The van der Waals surface area contributed by atoms with Gasteiger partial charge in [0.25, 0.3) is 0 Å². The van der Waals surface area contributed by atoms with Crippen molar-refractivity contribution >= 4 is 17.2 Å². The van der Waals surface area contributed by atoms with Gasteiger partial charge >= 0.3 is 0 Å². The predicted octanol–water partition coefficient (Wildman–Crippen LogP) is 0.301. The molecule has 1 aromatic heterocycles. The summed E-state index contributed by atoms with van der Waals surface area (Å²) in [4.78, 5) is 12.4. The minimum absolute atomic E-state index is 0.0177. The van der Waals surface area contributed by atoms with Gasteiger partial charge in [-0.15, -0.1) is 11.3 Å². The minimum Gasteiger partial charge on any atom is -0.359 e. The quantitative estimate of drug-likeness (QED) is 0.655. The minimum atomic E-state index is 0.0177. The van der Waals surface area contributed by atoms with Crippen molar-refractivity contribution in [2.24, 2.45) is 5.73 Å². The lowest BCUT2D eigenvalue weighted by atomic mass is 10.2. The average molecular weight is 227 g/mol. The van der Waals surface area contributed by atoms with Gasteiger partial charge in [-0.3, -0.25) is 4.79 Å². The van der Waals surface area contributed by atoms with Crippen LogP contribution in [0.15, 0.2) is 17.5 Å². The Morgan fingerprint density at radius 3 is 3.00 bits per heavy atom. The second kappa shape index (κ2) is 6.55. The van der Waals surface area contributed by atoms with Crippen molar-refractivity contribution in [3.8, 4) is 0 Å². The molecule has 0 aliphatic heterocycles. The van der Waals surface area contributed by atoms with Gasteiger partial charge in [0, 0.05) is 37.5 Å². The number of hydrogen-bond donors (Lipinski definition) is 3. The van der Waals surface area contributed by atoms with Crippen LogP contribution in [0.5, 0.6) is 0 Å². The number of rotatable bonds is 6. The first-order valence-corrected chi connectivity index (χ1v) is 5.80. The van der Waals surface area contributed by atoms with Gasteiger partial charge in [-0.25, -0.2) is 0 Å². The molecule has 0 radical (unpaired) electrons. The van der Waals surface area contributed by atoms with E-state index >= 15 is 0 Å². The molecule has 1 amide bonds. The number of hydrogen-bond acceptors (Lipinski definition) is 4. The van der Waals surface area contributed by atoms with E-state index in [2.05, 4.69) is 16.7 Å². The van der Waals surface area contributed by atoms with Crippen molar-refractivity contribution in [1.29, 1.82) is 0 Å². The van der Waals surface area contributed by atoms with Gasteiger partial charge in [0.15, 0.2) is 0 Å². The summed E-state index contributed by atoms with van der Waals surface area (Å²) in [6.45, 7) is 1.25. The zero-order chi connectivity index (χ0) is 11.1. The van der Waals surface area contributed by atoms with E-state index in [1.807, 2.05) is 11.4 Å². The van der Waals surface area contributed by atoms with Gasteiger partial charge in [0.2, 0.25) is 5.91 Å². The standard InChI is InChI=1S/C10H17N3OS/c1-12-10(14)5-8(6-11)13-7-9-3-2-4-15-9/h2-4,8,13H,5-7,11H2,1H3,(H,12,14). The third-order valence-corrected chi connectivity index (χ3v) is 3.02. The number of amides is 1. The number of nitrogens with two attached hydrogens (primary N) is 1. The Kier molecular flexibility index (Phi) is 5.31. The summed E-state index contributed by atoms with van der Waals surface area (Å²) in [6.07, 6.45) is 0.429. The smallest absolute Gasteiger partial charge is 0.221 e. The van der Waals surface area contributed by atoms with E-state index in [1.54, 1.807) is 18.4 Å². The Morgan fingerprint density at radius 2 is 2.47 bits per heavy atom. The van der Waals surface area contributed by atoms with Crippen LogP contribution in [0.3, 0.4) is 0 Å². The van der Waals surface area contributed by atoms with E-state index in [4.69, 9.17) is 5.73 Å². The van der Waals surface area contributed by atoms with E-state index in [0.717, 1.165) is 6.54 Å².